The predicted molar refractivity (Wildman–Crippen MR) is 49.4 cm³/mol. The number of carbonyl (C=O) groups is 1. The van der Waals surface area contributed by atoms with Crippen LogP contribution >= 0.6 is 11.6 Å². The molecule has 6 heteroatoms. The van der Waals surface area contributed by atoms with E-state index in [1.54, 1.807) is 0 Å². The van der Waals surface area contributed by atoms with Gasteiger partial charge >= 0.3 is 12.6 Å². The van der Waals surface area contributed by atoms with Crippen molar-refractivity contribution in [2.75, 3.05) is 7.11 Å². The summed E-state index contributed by atoms with van der Waals surface area (Å²) in [4.78, 5) is 11.2. The average Bonchev–Trinajstić information content (AvgIpc) is 2.19. The van der Waals surface area contributed by atoms with Gasteiger partial charge in [0.2, 0.25) is 0 Å². The second kappa shape index (κ2) is 4.93. The predicted octanol–water partition coefficient (Wildman–Crippen LogP) is 2.73. The zero-order valence-corrected chi connectivity index (χ0v) is 8.42. The molecule has 0 aliphatic heterocycles. The Morgan fingerprint density at radius 3 is 2.67 bits per heavy atom. The zero-order chi connectivity index (χ0) is 11.4. The highest BCUT2D eigenvalue weighted by Crippen LogP contribution is 2.25. The third kappa shape index (κ3) is 3.06. The van der Waals surface area contributed by atoms with Crippen LogP contribution in [0.4, 0.5) is 8.78 Å². The average molecular weight is 237 g/mol. The van der Waals surface area contributed by atoms with Crippen molar-refractivity contribution in [3.8, 4) is 5.75 Å². The van der Waals surface area contributed by atoms with Gasteiger partial charge in [0.05, 0.1) is 7.11 Å². The molecule has 0 aromatic heterocycles. The van der Waals surface area contributed by atoms with Crippen molar-refractivity contribution in [2.45, 2.75) is 6.61 Å². The molecule has 0 saturated carbocycles. The first-order valence-corrected chi connectivity index (χ1v) is 4.25. The number of methoxy groups -OCH3 is 1. The molecule has 0 spiro atoms. The highest BCUT2D eigenvalue weighted by molar-refractivity contribution is 6.31. The molecule has 1 rings (SSSR count). The molecular formula is C9H7ClF2O3. The van der Waals surface area contributed by atoms with E-state index in [1.165, 1.54) is 18.2 Å². The number of rotatable bonds is 3. The molecule has 0 atom stereocenters. The van der Waals surface area contributed by atoms with Crippen molar-refractivity contribution in [3.63, 3.8) is 0 Å². The third-order valence-electron chi connectivity index (χ3n) is 1.56. The number of hydrogen-bond donors (Lipinski definition) is 0. The number of benzene rings is 1. The van der Waals surface area contributed by atoms with E-state index in [2.05, 4.69) is 9.47 Å². The van der Waals surface area contributed by atoms with Crippen LogP contribution < -0.4 is 4.74 Å². The van der Waals surface area contributed by atoms with E-state index in [-0.39, 0.29) is 16.3 Å². The summed E-state index contributed by atoms with van der Waals surface area (Å²) in [5.74, 6) is -1.05. The lowest BCUT2D eigenvalue weighted by Crippen LogP contribution is -2.09. The first kappa shape index (κ1) is 11.7. The molecule has 0 saturated heterocycles. The van der Waals surface area contributed by atoms with Crippen molar-refractivity contribution in [2.24, 2.45) is 0 Å². The minimum absolute atomic E-state index is 0.134. The summed E-state index contributed by atoms with van der Waals surface area (Å²) in [6, 6.07) is 3.72. The van der Waals surface area contributed by atoms with E-state index in [4.69, 9.17) is 11.6 Å². The van der Waals surface area contributed by atoms with Crippen molar-refractivity contribution in [3.05, 3.63) is 28.8 Å². The number of halogens is 3. The van der Waals surface area contributed by atoms with E-state index in [1.807, 2.05) is 0 Å². The summed E-state index contributed by atoms with van der Waals surface area (Å²) in [5.41, 5.74) is -0.134. The molecule has 0 heterocycles. The second-order valence-corrected chi connectivity index (χ2v) is 2.95. The largest absolute Gasteiger partial charge is 0.465 e. The van der Waals surface area contributed by atoms with Gasteiger partial charge < -0.3 is 9.47 Å². The van der Waals surface area contributed by atoms with E-state index >= 15 is 0 Å². The fourth-order valence-corrected chi connectivity index (χ4v) is 1.14. The van der Waals surface area contributed by atoms with Crippen LogP contribution in [-0.4, -0.2) is 19.7 Å². The fraction of sp³-hybridized carbons (Fsp3) is 0.222. The van der Waals surface area contributed by atoms with Crippen LogP contribution in [0.1, 0.15) is 10.4 Å². The van der Waals surface area contributed by atoms with Gasteiger partial charge in [-0.15, -0.1) is 0 Å². The summed E-state index contributed by atoms with van der Waals surface area (Å²) < 4.78 is 32.4. The van der Waals surface area contributed by atoms with Crippen molar-refractivity contribution >= 4 is 17.6 Å². The minimum atomic E-state index is -3.01. The smallest absolute Gasteiger partial charge is 0.387 e. The van der Waals surface area contributed by atoms with Gasteiger partial charge in [-0.2, -0.15) is 8.78 Å². The Morgan fingerprint density at radius 2 is 2.13 bits per heavy atom. The van der Waals surface area contributed by atoms with Gasteiger partial charge in [0, 0.05) is 5.02 Å². The molecule has 82 valence electrons. The van der Waals surface area contributed by atoms with Crippen LogP contribution in [0.25, 0.3) is 0 Å². The molecule has 0 amide bonds. The zero-order valence-electron chi connectivity index (χ0n) is 7.67. The molecule has 1 aromatic rings. The van der Waals surface area contributed by atoms with Crippen LogP contribution in [0.2, 0.25) is 5.02 Å². The highest BCUT2D eigenvalue weighted by Gasteiger charge is 2.16. The molecule has 0 N–H and O–H groups in total. The molecule has 0 unspecified atom stereocenters. The van der Waals surface area contributed by atoms with Gasteiger partial charge in [0.15, 0.2) is 0 Å². The number of carbonyl (C=O) groups excluding carboxylic acids is 1. The number of esters is 1. The molecule has 1 aromatic carbocycles. The first-order valence-electron chi connectivity index (χ1n) is 3.87. The summed E-state index contributed by atoms with van der Waals surface area (Å²) >= 11 is 5.60. The minimum Gasteiger partial charge on any atom is -0.465 e. The van der Waals surface area contributed by atoms with E-state index in [9.17, 15) is 13.6 Å². The topological polar surface area (TPSA) is 35.5 Å². The number of ether oxygens (including phenoxy) is 2. The summed E-state index contributed by atoms with van der Waals surface area (Å²) in [6.07, 6.45) is 0. The monoisotopic (exact) mass is 236 g/mol. The standard InChI is InChI=1S/C9H7ClF2O3/c1-14-8(13)6-4-5(10)2-3-7(6)15-9(11)12/h2-4,9H,1H3. The quantitative estimate of drug-likeness (QED) is 0.757. The van der Waals surface area contributed by atoms with Crippen LogP contribution in [0.15, 0.2) is 18.2 Å². The molecule has 0 bridgehead atoms. The SMILES string of the molecule is COC(=O)c1cc(Cl)ccc1OC(F)F. The van der Waals surface area contributed by atoms with E-state index in [0.29, 0.717) is 0 Å². The molecule has 15 heavy (non-hydrogen) atoms. The normalized spacial score (nSPS) is 10.2. The van der Waals surface area contributed by atoms with Gasteiger partial charge in [0.1, 0.15) is 11.3 Å². The Hall–Kier alpha value is -1.36. The van der Waals surface area contributed by atoms with E-state index < -0.39 is 12.6 Å². The lowest BCUT2D eigenvalue weighted by Gasteiger charge is -2.09. The molecule has 3 nitrogen and oxygen atoms in total. The van der Waals surface area contributed by atoms with Crippen molar-refractivity contribution in [1.82, 2.24) is 0 Å². The van der Waals surface area contributed by atoms with E-state index in [0.717, 1.165) is 7.11 Å². The van der Waals surface area contributed by atoms with Crippen molar-refractivity contribution < 1.29 is 23.0 Å². The lowest BCUT2D eigenvalue weighted by atomic mass is 10.2. The lowest BCUT2D eigenvalue weighted by molar-refractivity contribution is -0.0504. The fourth-order valence-electron chi connectivity index (χ4n) is 0.970. The molecular weight excluding hydrogens is 230 g/mol. The molecule has 0 radical (unpaired) electrons. The molecule has 0 aliphatic carbocycles. The Balaban J connectivity index is 3.08. The van der Waals surface area contributed by atoms with Crippen LogP contribution in [-0.2, 0) is 4.74 Å². The summed E-state index contributed by atoms with van der Waals surface area (Å²) in [5, 5.41) is 0.233. The van der Waals surface area contributed by atoms with Crippen molar-refractivity contribution in [1.29, 1.82) is 0 Å². The first-order chi connectivity index (χ1) is 7.04. The maximum Gasteiger partial charge on any atom is 0.387 e. The third-order valence-corrected chi connectivity index (χ3v) is 1.80. The van der Waals surface area contributed by atoms with Gasteiger partial charge in [-0.05, 0) is 18.2 Å². The summed E-state index contributed by atoms with van der Waals surface area (Å²) in [7, 11) is 1.13. The summed E-state index contributed by atoms with van der Waals surface area (Å²) in [6.45, 7) is -3.01. The second-order valence-electron chi connectivity index (χ2n) is 2.51. The highest BCUT2D eigenvalue weighted by atomic mass is 35.5. The Morgan fingerprint density at radius 1 is 1.47 bits per heavy atom. The van der Waals surface area contributed by atoms with Crippen LogP contribution in [0, 0.1) is 0 Å². The Labute approximate surface area is 89.5 Å². The number of alkyl halides is 2. The maximum absolute atomic E-state index is 12.0. The van der Waals surface area contributed by atoms with Crippen LogP contribution in [0.3, 0.4) is 0 Å². The Kier molecular flexibility index (Phi) is 3.85. The van der Waals surface area contributed by atoms with Gasteiger partial charge in [-0.3, -0.25) is 0 Å². The molecule has 0 aliphatic rings. The number of hydrogen-bond acceptors (Lipinski definition) is 3. The maximum atomic E-state index is 12.0. The van der Waals surface area contributed by atoms with Crippen LogP contribution in [0.5, 0.6) is 5.75 Å². The van der Waals surface area contributed by atoms with Gasteiger partial charge in [0.25, 0.3) is 0 Å². The Bertz CT molecular complexity index is 368. The van der Waals surface area contributed by atoms with Gasteiger partial charge in [-0.1, -0.05) is 11.6 Å². The van der Waals surface area contributed by atoms with Gasteiger partial charge in [-0.25, -0.2) is 4.79 Å². The molecule has 0 fully saturated rings.